The Morgan fingerprint density at radius 3 is 2.12 bits per heavy atom. The van der Waals surface area contributed by atoms with E-state index < -0.39 is 29.6 Å². The summed E-state index contributed by atoms with van der Waals surface area (Å²) in [7, 11) is 0. The van der Waals surface area contributed by atoms with Crippen LogP contribution in [0.2, 0.25) is 0 Å². The minimum Gasteiger partial charge on any atom is -0.399 e. The fraction of sp³-hybridized carbons (Fsp3) is 0.440. The van der Waals surface area contributed by atoms with Crippen molar-refractivity contribution in [2.75, 3.05) is 0 Å². The first kappa shape index (κ1) is 22.7. The number of halogens is 6. The zero-order chi connectivity index (χ0) is 23.0. The van der Waals surface area contributed by atoms with Crippen LogP contribution in [0.3, 0.4) is 0 Å². The Morgan fingerprint density at radius 2 is 1.50 bits per heavy atom. The van der Waals surface area contributed by atoms with Crippen LogP contribution in [-0.2, 0) is 0 Å². The third kappa shape index (κ3) is 4.81. The van der Waals surface area contributed by atoms with E-state index in [-0.39, 0.29) is 17.0 Å². The molecule has 4 atom stereocenters. The molecule has 1 nitrogen and oxygen atoms in total. The number of benzene rings is 2. The second-order valence-electron chi connectivity index (χ2n) is 8.90. The van der Waals surface area contributed by atoms with E-state index in [0.717, 1.165) is 37.7 Å². The number of alkyl halides is 3. The Balaban J connectivity index is 1.52. The van der Waals surface area contributed by atoms with Crippen molar-refractivity contribution < 1.29 is 31.1 Å². The molecule has 2 aromatic rings. The molecule has 2 fully saturated rings. The molecule has 2 aliphatic carbocycles. The van der Waals surface area contributed by atoms with Gasteiger partial charge in [-0.05, 0) is 91.5 Å². The van der Waals surface area contributed by atoms with Crippen LogP contribution in [0.5, 0.6) is 5.75 Å². The number of hydrogen-bond donors (Lipinski definition) is 0. The summed E-state index contributed by atoms with van der Waals surface area (Å²) in [6, 6.07) is 5.85. The first-order valence-corrected chi connectivity index (χ1v) is 10.8. The van der Waals surface area contributed by atoms with Crippen LogP contribution >= 0.6 is 0 Å². The Morgan fingerprint density at radius 1 is 0.844 bits per heavy atom. The maximum atomic E-state index is 14.9. The normalized spacial score (nSPS) is 25.8. The van der Waals surface area contributed by atoms with Gasteiger partial charge in [0.2, 0.25) is 5.75 Å². The van der Waals surface area contributed by atoms with Gasteiger partial charge in [0.25, 0.3) is 0 Å². The highest BCUT2D eigenvalue weighted by Crippen LogP contribution is 2.48. The summed E-state index contributed by atoms with van der Waals surface area (Å²) in [5.74, 6) is -3.23. The summed E-state index contributed by atoms with van der Waals surface area (Å²) in [5, 5.41) is 0. The molecule has 0 aliphatic heterocycles. The van der Waals surface area contributed by atoms with Crippen LogP contribution in [0.25, 0.3) is 11.1 Å². The number of allylic oxidation sites excluding steroid dienone is 1. The lowest BCUT2D eigenvalue weighted by Gasteiger charge is -2.41. The molecule has 0 heterocycles. The van der Waals surface area contributed by atoms with Crippen LogP contribution in [0.15, 0.2) is 43.0 Å². The topological polar surface area (TPSA) is 9.23 Å². The molecule has 4 unspecified atom stereocenters. The maximum Gasteiger partial charge on any atom is 0.573 e. The lowest BCUT2D eigenvalue weighted by Crippen LogP contribution is -2.29. The van der Waals surface area contributed by atoms with Crippen molar-refractivity contribution in [1.29, 1.82) is 0 Å². The fourth-order valence-electron chi connectivity index (χ4n) is 5.39. The summed E-state index contributed by atoms with van der Waals surface area (Å²) < 4.78 is 83.4. The van der Waals surface area contributed by atoms with Gasteiger partial charge in [-0.25, -0.2) is 13.2 Å². The minimum atomic E-state index is -5.24. The van der Waals surface area contributed by atoms with Gasteiger partial charge >= 0.3 is 6.36 Å². The fourth-order valence-corrected chi connectivity index (χ4v) is 5.39. The highest BCUT2D eigenvalue weighted by Gasteiger charge is 2.36. The molecule has 0 amide bonds. The van der Waals surface area contributed by atoms with Gasteiger partial charge in [-0.1, -0.05) is 18.2 Å². The number of fused-ring (bicyclic) bond motifs is 1. The quantitative estimate of drug-likeness (QED) is 0.335. The van der Waals surface area contributed by atoms with E-state index in [9.17, 15) is 26.3 Å². The average Bonchev–Trinajstić information content (AvgIpc) is 2.74. The first-order chi connectivity index (χ1) is 15.1. The van der Waals surface area contributed by atoms with Crippen molar-refractivity contribution in [3.8, 4) is 16.9 Å². The summed E-state index contributed by atoms with van der Waals surface area (Å²) >= 11 is 0. The second-order valence-corrected chi connectivity index (χ2v) is 8.90. The van der Waals surface area contributed by atoms with Gasteiger partial charge < -0.3 is 4.74 Å². The molecule has 2 saturated carbocycles. The van der Waals surface area contributed by atoms with Crippen molar-refractivity contribution in [2.24, 2.45) is 17.8 Å². The van der Waals surface area contributed by atoms with Crippen LogP contribution in [0.4, 0.5) is 26.3 Å². The summed E-state index contributed by atoms with van der Waals surface area (Å²) in [6.07, 6.45) is 3.28. The molecule has 4 rings (SSSR count). The summed E-state index contributed by atoms with van der Waals surface area (Å²) in [6.45, 7) is 3.91. The SMILES string of the molecule is C=CC1CCC2CC(c3ccc(-c4cc(F)c(OC(F)(F)F)c(F)c4)c(F)c3)CCC2C1. The zero-order valence-corrected chi connectivity index (χ0v) is 17.4. The van der Waals surface area contributed by atoms with E-state index in [1.54, 1.807) is 6.07 Å². The lowest BCUT2D eigenvalue weighted by atomic mass is 9.64. The van der Waals surface area contributed by atoms with Crippen LogP contribution < -0.4 is 4.74 Å². The van der Waals surface area contributed by atoms with E-state index in [0.29, 0.717) is 29.9 Å². The van der Waals surface area contributed by atoms with Gasteiger partial charge in [-0.2, -0.15) is 0 Å². The number of ether oxygens (including phenoxy) is 1. The Hall–Kier alpha value is -2.44. The molecule has 2 aliphatic rings. The smallest absolute Gasteiger partial charge is 0.399 e. The molecule has 0 aromatic heterocycles. The molecule has 172 valence electrons. The molecule has 2 aromatic carbocycles. The Kier molecular flexibility index (Phi) is 6.28. The number of hydrogen-bond acceptors (Lipinski definition) is 1. The molecule has 0 N–H and O–H groups in total. The highest BCUT2D eigenvalue weighted by atomic mass is 19.4. The third-order valence-corrected chi connectivity index (χ3v) is 6.98. The number of rotatable bonds is 4. The van der Waals surface area contributed by atoms with Gasteiger partial charge in [0.15, 0.2) is 11.6 Å². The van der Waals surface area contributed by atoms with E-state index in [4.69, 9.17) is 0 Å². The largest absolute Gasteiger partial charge is 0.573 e. The summed E-state index contributed by atoms with van der Waals surface area (Å²) in [4.78, 5) is 0. The average molecular weight is 454 g/mol. The van der Waals surface area contributed by atoms with Crippen LogP contribution in [0.1, 0.15) is 50.0 Å². The van der Waals surface area contributed by atoms with E-state index in [1.165, 1.54) is 18.6 Å². The monoisotopic (exact) mass is 454 g/mol. The maximum absolute atomic E-state index is 14.9. The van der Waals surface area contributed by atoms with Gasteiger partial charge in [0, 0.05) is 5.56 Å². The van der Waals surface area contributed by atoms with E-state index >= 15 is 0 Å². The van der Waals surface area contributed by atoms with Gasteiger partial charge in [0.05, 0.1) is 0 Å². The lowest BCUT2D eigenvalue weighted by molar-refractivity contribution is -0.276. The van der Waals surface area contributed by atoms with E-state index in [2.05, 4.69) is 11.3 Å². The molecule has 0 spiro atoms. The first-order valence-electron chi connectivity index (χ1n) is 10.8. The Bertz CT molecular complexity index is 975. The van der Waals surface area contributed by atoms with E-state index in [1.807, 2.05) is 6.08 Å². The minimum absolute atomic E-state index is 0.0784. The van der Waals surface area contributed by atoms with Crippen molar-refractivity contribution in [1.82, 2.24) is 0 Å². The summed E-state index contributed by atoms with van der Waals surface area (Å²) in [5.41, 5.74) is 0.573. The van der Waals surface area contributed by atoms with Crippen LogP contribution in [0, 0.1) is 35.2 Å². The van der Waals surface area contributed by atoms with Gasteiger partial charge in [0.1, 0.15) is 5.82 Å². The zero-order valence-electron chi connectivity index (χ0n) is 17.4. The van der Waals surface area contributed by atoms with Gasteiger partial charge in [-0.3, -0.25) is 0 Å². The molecular formula is C25H24F6O. The Labute approximate surface area is 183 Å². The van der Waals surface area contributed by atoms with Crippen LogP contribution in [-0.4, -0.2) is 6.36 Å². The molecule has 0 radical (unpaired) electrons. The predicted molar refractivity (Wildman–Crippen MR) is 110 cm³/mol. The molecular weight excluding hydrogens is 430 g/mol. The van der Waals surface area contributed by atoms with Gasteiger partial charge in [-0.15, -0.1) is 19.8 Å². The molecule has 7 heteroatoms. The highest BCUT2D eigenvalue weighted by molar-refractivity contribution is 5.66. The second kappa shape index (κ2) is 8.83. The molecule has 0 saturated heterocycles. The predicted octanol–water partition coefficient (Wildman–Crippen LogP) is 8.16. The molecule has 32 heavy (non-hydrogen) atoms. The molecule has 0 bridgehead atoms. The van der Waals surface area contributed by atoms with Crippen molar-refractivity contribution in [2.45, 2.75) is 50.8 Å². The third-order valence-electron chi connectivity index (χ3n) is 6.98. The standard InChI is InChI=1S/C25H24F6O/c1-2-14-3-4-16-10-17(6-5-15(16)9-14)18-7-8-20(21(26)11-18)19-12-22(27)24(23(28)13-19)32-25(29,30)31/h2,7-8,11-17H,1,3-6,9-10H2. The van der Waals surface area contributed by atoms with Crippen molar-refractivity contribution in [3.63, 3.8) is 0 Å². The van der Waals surface area contributed by atoms with Crippen molar-refractivity contribution >= 4 is 0 Å². The van der Waals surface area contributed by atoms with Crippen molar-refractivity contribution in [3.05, 3.63) is 66.0 Å².